The predicted octanol–water partition coefficient (Wildman–Crippen LogP) is -0.705. The van der Waals surface area contributed by atoms with Crippen molar-refractivity contribution < 1.29 is 14.6 Å². The average molecular weight is 150 g/mol. The van der Waals surface area contributed by atoms with Gasteiger partial charge in [-0.3, -0.25) is 0 Å². The number of hydrogen-bond acceptors (Lipinski definition) is 4. The molecule has 0 aromatic heterocycles. The Morgan fingerprint density at radius 2 is 1.80 bits per heavy atom. The van der Waals surface area contributed by atoms with E-state index < -0.39 is 0 Å². The first-order valence-corrected chi connectivity index (χ1v) is 3.10. The zero-order chi connectivity index (χ0) is 8.04. The van der Waals surface area contributed by atoms with Crippen LogP contribution in [0.3, 0.4) is 0 Å². The summed E-state index contributed by atoms with van der Waals surface area (Å²) in [6.07, 6.45) is 0. The van der Waals surface area contributed by atoms with Crippen LogP contribution >= 0.6 is 0 Å². The van der Waals surface area contributed by atoms with Crippen molar-refractivity contribution >= 4 is 0 Å². The van der Waals surface area contributed by atoms with Crippen LogP contribution in [0.1, 0.15) is 0 Å². The smallest absolute Gasteiger partial charge is 0.102 e. The molecule has 0 saturated carbocycles. The monoisotopic (exact) mass is 150 g/mol. The molecule has 3 N–H and O–H groups in total. The van der Waals surface area contributed by atoms with E-state index in [2.05, 4.69) is 5.90 Å². The van der Waals surface area contributed by atoms with E-state index in [0.717, 1.165) is 0 Å². The molecule has 0 aromatic carbocycles. The van der Waals surface area contributed by atoms with Crippen molar-refractivity contribution in [1.29, 1.82) is 0 Å². The van der Waals surface area contributed by atoms with E-state index in [-0.39, 0.29) is 4.65 Å². The first-order chi connectivity index (χ1) is 4.71. The molecule has 0 aliphatic carbocycles. The van der Waals surface area contributed by atoms with Gasteiger partial charge in [-0.1, -0.05) is 0 Å². The Balaban J connectivity index is 0.000000371. The SMILES string of the molecule is C[N+]1([O-])CCOCC1.NO. The summed E-state index contributed by atoms with van der Waals surface area (Å²) in [5.74, 6) is 3.50. The van der Waals surface area contributed by atoms with Crippen molar-refractivity contribution in [1.82, 2.24) is 0 Å². The third-order valence-electron chi connectivity index (χ3n) is 1.42. The normalized spacial score (nSPS) is 22.8. The van der Waals surface area contributed by atoms with Crippen LogP contribution in [0.15, 0.2) is 0 Å². The number of rotatable bonds is 0. The van der Waals surface area contributed by atoms with Gasteiger partial charge in [-0.2, -0.15) is 0 Å². The van der Waals surface area contributed by atoms with Crippen LogP contribution in [-0.4, -0.2) is 43.2 Å². The topological polar surface area (TPSA) is 78.5 Å². The maximum absolute atomic E-state index is 11.0. The lowest BCUT2D eigenvalue weighted by Crippen LogP contribution is -2.46. The van der Waals surface area contributed by atoms with Gasteiger partial charge in [0.25, 0.3) is 0 Å². The van der Waals surface area contributed by atoms with Gasteiger partial charge in [0.2, 0.25) is 0 Å². The van der Waals surface area contributed by atoms with Gasteiger partial charge in [0.15, 0.2) is 0 Å². The summed E-state index contributed by atoms with van der Waals surface area (Å²) in [5, 5.41) is 17.5. The number of morpholine rings is 1. The molecule has 10 heavy (non-hydrogen) atoms. The fraction of sp³-hybridized carbons (Fsp3) is 1.00. The van der Waals surface area contributed by atoms with E-state index in [1.54, 1.807) is 7.05 Å². The maximum Gasteiger partial charge on any atom is 0.102 e. The third kappa shape index (κ3) is 3.76. The van der Waals surface area contributed by atoms with Gasteiger partial charge in [-0.05, 0) is 0 Å². The minimum Gasteiger partial charge on any atom is -0.633 e. The second kappa shape index (κ2) is 4.59. The molecular weight excluding hydrogens is 136 g/mol. The second-order valence-corrected chi connectivity index (χ2v) is 2.36. The molecule has 0 radical (unpaired) electrons. The zero-order valence-electron chi connectivity index (χ0n) is 6.12. The van der Waals surface area contributed by atoms with Crippen LogP contribution in [0, 0.1) is 5.21 Å². The van der Waals surface area contributed by atoms with E-state index in [0.29, 0.717) is 26.3 Å². The third-order valence-corrected chi connectivity index (χ3v) is 1.42. The van der Waals surface area contributed by atoms with E-state index >= 15 is 0 Å². The molecule has 0 atom stereocenters. The highest BCUT2D eigenvalue weighted by Gasteiger charge is 2.13. The fourth-order valence-electron chi connectivity index (χ4n) is 0.729. The van der Waals surface area contributed by atoms with E-state index in [1.165, 1.54) is 0 Å². The minimum absolute atomic E-state index is 0.125. The molecule has 0 unspecified atom stereocenters. The predicted molar refractivity (Wildman–Crippen MR) is 36.1 cm³/mol. The van der Waals surface area contributed by atoms with Gasteiger partial charge in [0.05, 0.1) is 20.3 Å². The van der Waals surface area contributed by atoms with Gasteiger partial charge in [0, 0.05) is 0 Å². The number of nitrogens with two attached hydrogens (primary N) is 1. The Labute approximate surface area is 60.1 Å². The molecule has 62 valence electrons. The lowest BCUT2D eigenvalue weighted by molar-refractivity contribution is -0.869. The Kier molecular flexibility index (Phi) is 4.50. The summed E-state index contributed by atoms with van der Waals surface area (Å²) in [6.45, 7) is 2.47. The molecular formula is C5H14N2O3. The van der Waals surface area contributed by atoms with E-state index in [4.69, 9.17) is 9.94 Å². The number of quaternary nitrogens is 1. The van der Waals surface area contributed by atoms with Crippen LogP contribution in [0.2, 0.25) is 0 Å². The molecule has 1 rings (SSSR count). The van der Waals surface area contributed by atoms with Crippen LogP contribution in [0.25, 0.3) is 0 Å². The Bertz CT molecular complexity index is 79.0. The van der Waals surface area contributed by atoms with Crippen molar-refractivity contribution in [2.45, 2.75) is 0 Å². The van der Waals surface area contributed by atoms with Crippen LogP contribution in [0.5, 0.6) is 0 Å². The molecule has 0 spiro atoms. The summed E-state index contributed by atoms with van der Waals surface area (Å²) in [6, 6.07) is 0. The van der Waals surface area contributed by atoms with Gasteiger partial charge in [-0.25, -0.2) is 5.90 Å². The molecule has 1 aliphatic rings. The quantitative estimate of drug-likeness (QED) is 0.272. The van der Waals surface area contributed by atoms with Gasteiger partial charge in [-0.15, -0.1) is 0 Å². The number of nitrogens with zero attached hydrogens (tertiary/aromatic N) is 1. The Morgan fingerprint density at radius 1 is 1.40 bits per heavy atom. The van der Waals surface area contributed by atoms with Gasteiger partial charge in [0.1, 0.15) is 13.1 Å². The molecule has 1 saturated heterocycles. The van der Waals surface area contributed by atoms with E-state index in [9.17, 15) is 5.21 Å². The summed E-state index contributed by atoms with van der Waals surface area (Å²) in [7, 11) is 1.68. The van der Waals surface area contributed by atoms with Gasteiger partial charge >= 0.3 is 0 Å². The molecule has 1 fully saturated rings. The Morgan fingerprint density at radius 3 is 2.00 bits per heavy atom. The fourth-order valence-corrected chi connectivity index (χ4v) is 0.729. The number of likely N-dealkylation sites (N-methyl/N-ethyl adjacent to an activating group) is 1. The van der Waals surface area contributed by atoms with Crippen molar-refractivity contribution in [2.75, 3.05) is 33.4 Å². The van der Waals surface area contributed by atoms with Gasteiger partial charge < -0.3 is 19.8 Å². The maximum atomic E-state index is 11.0. The van der Waals surface area contributed by atoms with Crippen molar-refractivity contribution in [3.63, 3.8) is 0 Å². The van der Waals surface area contributed by atoms with Crippen molar-refractivity contribution in [3.8, 4) is 0 Å². The highest BCUT2D eigenvalue weighted by atomic mass is 16.6. The molecule has 0 aromatic rings. The van der Waals surface area contributed by atoms with Crippen LogP contribution in [0.4, 0.5) is 0 Å². The molecule has 5 nitrogen and oxygen atoms in total. The van der Waals surface area contributed by atoms with Crippen molar-refractivity contribution in [3.05, 3.63) is 5.21 Å². The Hall–Kier alpha value is -0.200. The molecule has 5 heteroatoms. The first-order valence-electron chi connectivity index (χ1n) is 3.10. The average Bonchev–Trinajstić information content (AvgIpc) is 1.92. The molecule has 0 bridgehead atoms. The highest BCUT2D eigenvalue weighted by molar-refractivity contribution is 4.44. The minimum atomic E-state index is -0.125. The summed E-state index contributed by atoms with van der Waals surface area (Å²) in [4.78, 5) is 0. The summed E-state index contributed by atoms with van der Waals surface area (Å²) < 4.78 is 4.86. The zero-order valence-corrected chi connectivity index (χ0v) is 6.12. The molecule has 1 aliphatic heterocycles. The van der Waals surface area contributed by atoms with E-state index in [1.807, 2.05) is 0 Å². The van der Waals surface area contributed by atoms with Crippen LogP contribution in [-0.2, 0) is 4.74 Å². The first kappa shape index (κ1) is 9.80. The van der Waals surface area contributed by atoms with Crippen molar-refractivity contribution in [2.24, 2.45) is 5.90 Å². The molecule has 0 amide bonds. The van der Waals surface area contributed by atoms with Crippen LogP contribution < -0.4 is 5.90 Å². The highest BCUT2D eigenvalue weighted by Crippen LogP contribution is 2.02. The molecule has 1 heterocycles. The summed E-state index contributed by atoms with van der Waals surface area (Å²) >= 11 is 0. The lowest BCUT2D eigenvalue weighted by atomic mass is 10.4. The largest absolute Gasteiger partial charge is 0.633 e. The standard InChI is InChI=1S/C5H11NO2.H3NO/c1-6(7)2-4-8-5-3-6;1-2/h2-5H2,1H3;2H,1H2. The summed E-state index contributed by atoms with van der Waals surface area (Å²) in [5.41, 5.74) is 0. The number of hydroxylamine groups is 3. The second-order valence-electron chi connectivity index (χ2n) is 2.36. The number of hydrogen-bond donors (Lipinski definition) is 2. The lowest BCUT2D eigenvalue weighted by Gasteiger charge is -2.41. The number of ether oxygens (including phenoxy) is 1.